The standard InChI is InChI=1S/C17H24N4O/c1-5-12(4)21-16-15(18)17(20-10-19-16)22-14-8-6-13(7-9-14)11(2)3/h6-12H,5,18H2,1-4H3,(H,19,20,21). The molecule has 0 aliphatic rings. The molecule has 1 atom stereocenters. The fourth-order valence-electron chi connectivity index (χ4n) is 1.94. The molecule has 0 aliphatic carbocycles. The zero-order valence-electron chi connectivity index (χ0n) is 13.6. The van der Waals surface area contributed by atoms with E-state index < -0.39 is 0 Å². The highest BCUT2D eigenvalue weighted by Gasteiger charge is 2.12. The number of anilines is 2. The minimum Gasteiger partial charge on any atom is -0.437 e. The Bertz CT molecular complexity index is 611. The number of nitrogen functional groups attached to an aromatic ring is 1. The average Bonchev–Trinajstić information content (AvgIpc) is 2.51. The van der Waals surface area contributed by atoms with E-state index in [0.29, 0.717) is 29.1 Å². The molecule has 0 radical (unpaired) electrons. The summed E-state index contributed by atoms with van der Waals surface area (Å²) < 4.78 is 5.78. The number of hydrogen-bond donors (Lipinski definition) is 2. The summed E-state index contributed by atoms with van der Waals surface area (Å²) >= 11 is 0. The van der Waals surface area contributed by atoms with E-state index in [1.807, 2.05) is 12.1 Å². The van der Waals surface area contributed by atoms with Gasteiger partial charge in [0.15, 0.2) is 5.82 Å². The number of aromatic nitrogens is 2. The molecule has 1 aromatic heterocycles. The fraction of sp³-hybridized carbons (Fsp3) is 0.412. The van der Waals surface area contributed by atoms with Crippen LogP contribution in [-0.4, -0.2) is 16.0 Å². The van der Waals surface area contributed by atoms with E-state index in [0.717, 1.165) is 6.42 Å². The Hall–Kier alpha value is -2.30. The summed E-state index contributed by atoms with van der Waals surface area (Å²) in [6.07, 6.45) is 2.44. The molecule has 1 aromatic carbocycles. The first-order valence-corrected chi connectivity index (χ1v) is 7.66. The lowest BCUT2D eigenvalue weighted by Crippen LogP contribution is -2.16. The summed E-state index contributed by atoms with van der Waals surface area (Å²) in [5.41, 5.74) is 7.79. The normalized spacial score (nSPS) is 12.2. The molecule has 0 saturated carbocycles. The van der Waals surface area contributed by atoms with Crippen LogP contribution in [0.25, 0.3) is 0 Å². The van der Waals surface area contributed by atoms with Crippen LogP contribution in [0, 0.1) is 0 Å². The van der Waals surface area contributed by atoms with Gasteiger partial charge in [-0.15, -0.1) is 0 Å². The largest absolute Gasteiger partial charge is 0.437 e. The lowest BCUT2D eigenvalue weighted by molar-refractivity contribution is 0.464. The third-order valence-electron chi connectivity index (χ3n) is 3.60. The second-order valence-electron chi connectivity index (χ2n) is 5.72. The van der Waals surface area contributed by atoms with E-state index in [-0.39, 0.29) is 6.04 Å². The molecule has 0 aliphatic heterocycles. The van der Waals surface area contributed by atoms with E-state index in [4.69, 9.17) is 10.5 Å². The topological polar surface area (TPSA) is 73.1 Å². The quantitative estimate of drug-likeness (QED) is 0.837. The summed E-state index contributed by atoms with van der Waals surface area (Å²) in [6, 6.07) is 8.25. The van der Waals surface area contributed by atoms with E-state index in [1.54, 1.807) is 0 Å². The van der Waals surface area contributed by atoms with Crippen molar-refractivity contribution in [1.29, 1.82) is 0 Å². The number of nitrogens with two attached hydrogens (primary N) is 1. The maximum Gasteiger partial charge on any atom is 0.248 e. The van der Waals surface area contributed by atoms with Crippen molar-refractivity contribution in [3.63, 3.8) is 0 Å². The predicted octanol–water partition coefficient (Wildman–Crippen LogP) is 4.18. The number of benzene rings is 1. The van der Waals surface area contributed by atoms with Crippen LogP contribution in [0.4, 0.5) is 11.5 Å². The molecule has 0 spiro atoms. The molecule has 5 nitrogen and oxygen atoms in total. The number of nitrogens with zero attached hydrogens (tertiary/aromatic N) is 2. The van der Waals surface area contributed by atoms with Gasteiger partial charge in [-0.05, 0) is 37.0 Å². The van der Waals surface area contributed by atoms with Crippen LogP contribution in [0.2, 0.25) is 0 Å². The minimum atomic E-state index is 0.287. The Morgan fingerprint density at radius 2 is 1.82 bits per heavy atom. The minimum absolute atomic E-state index is 0.287. The summed E-state index contributed by atoms with van der Waals surface area (Å²) in [6.45, 7) is 8.49. The van der Waals surface area contributed by atoms with Crippen molar-refractivity contribution in [3.05, 3.63) is 36.2 Å². The van der Waals surface area contributed by atoms with Crippen LogP contribution in [0.15, 0.2) is 30.6 Å². The van der Waals surface area contributed by atoms with Gasteiger partial charge in [0.25, 0.3) is 0 Å². The Morgan fingerprint density at radius 1 is 1.14 bits per heavy atom. The maximum atomic E-state index is 6.10. The van der Waals surface area contributed by atoms with Crippen molar-refractivity contribution in [2.75, 3.05) is 11.1 Å². The van der Waals surface area contributed by atoms with Crippen LogP contribution < -0.4 is 15.8 Å². The van der Waals surface area contributed by atoms with Gasteiger partial charge in [0.05, 0.1) is 0 Å². The molecule has 22 heavy (non-hydrogen) atoms. The molecule has 2 aromatic rings. The van der Waals surface area contributed by atoms with Gasteiger partial charge < -0.3 is 15.8 Å². The molecule has 2 rings (SSSR count). The van der Waals surface area contributed by atoms with Gasteiger partial charge in [-0.1, -0.05) is 32.9 Å². The third-order valence-corrected chi connectivity index (χ3v) is 3.60. The van der Waals surface area contributed by atoms with Gasteiger partial charge >= 0.3 is 0 Å². The lowest BCUT2D eigenvalue weighted by Gasteiger charge is -2.15. The van der Waals surface area contributed by atoms with Crippen molar-refractivity contribution < 1.29 is 4.74 Å². The Labute approximate surface area is 131 Å². The summed E-state index contributed by atoms with van der Waals surface area (Å²) in [7, 11) is 0. The molecular formula is C17H24N4O. The van der Waals surface area contributed by atoms with E-state index in [1.165, 1.54) is 11.9 Å². The molecule has 0 saturated heterocycles. The predicted molar refractivity (Wildman–Crippen MR) is 90.4 cm³/mol. The molecule has 0 amide bonds. The highest BCUT2D eigenvalue weighted by Crippen LogP contribution is 2.30. The number of ether oxygens (including phenoxy) is 1. The SMILES string of the molecule is CCC(C)Nc1ncnc(Oc2ccc(C(C)C)cc2)c1N. The molecule has 1 unspecified atom stereocenters. The van der Waals surface area contributed by atoms with Gasteiger partial charge in [-0.25, -0.2) is 4.98 Å². The van der Waals surface area contributed by atoms with Crippen LogP contribution in [-0.2, 0) is 0 Å². The van der Waals surface area contributed by atoms with Crippen molar-refractivity contribution in [1.82, 2.24) is 9.97 Å². The van der Waals surface area contributed by atoms with E-state index in [2.05, 4.69) is 55.1 Å². The van der Waals surface area contributed by atoms with Crippen LogP contribution in [0.3, 0.4) is 0 Å². The molecule has 3 N–H and O–H groups in total. The van der Waals surface area contributed by atoms with Gasteiger partial charge in [0.2, 0.25) is 5.88 Å². The first-order chi connectivity index (χ1) is 10.5. The zero-order valence-corrected chi connectivity index (χ0v) is 13.6. The zero-order chi connectivity index (χ0) is 16.1. The highest BCUT2D eigenvalue weighted by molar-refractivity contribution is 5.67. The van der Waals surface area contributed by atoms with Gasteiger partial charge in [-0.2, -0.15) is 4.98 Å². The highest BCUT2D eigenvalue weighted by atomic mass is 16.5. The molecule has 118 valence electrons. The average molecular weight is 300 g/mol. The number of rotatable bonds is 6. The van der Waals surface area contributed by atoms with Gasteiger partial charge in [0, 0.05) is 6.04 Å². The van der Waals surface area contributed by atoms with Crippen molar-refractivity contribution in [2.24, 2.45) is 0 Å². The Kier molecular flexibility index (Phi) is 5.20. The molecule has 1 heterocycles. The van der Waals surface area contributed by atoms with Crippen LogP contribution in [0.5, 0.6) is 11.6 Å². The molecule has 0 fully saturated rings. The summed E-state index contributed by atoms with van der Waals surface area (Å²) in [4.78, 5) is 8.31. The lowest BCUT2D eigenvalue weighted by atomic mass is 10.0. The first kappa shape index (κ1) is 16.1. The second kappa shape index (κ2) is 7.11. The van der Waals surface area contributed by atoms with Crippen LogP contribution >= 0.6 is 0 Å². The van der Waals surface area contributed by atoms with Crippen LogP contribution in [0.1, 0.15) is 45.6 Å². The second-order valence-corrected chi connectivity index (χ2v) is 5.72. The van der Waals surface area contributed by atoms with E-state index in [9.17, 15) is 0 Å². The van der Waals surface area contributed by atoms with Crippen molar-refractivity contribution >= 4 is 11.5 Å². The third kappa shape index (κ3) is 3.87. The Balaban J connectivity index is 2.17. The maximum absolute atomic E-state index is 6.10. The monoisotopic (exact) mass is 300 g/mol. The Morgan fingerprint density at radius 3 is 2.41 bits per heavy atom. The molecular weight excluding hydrogens is 276 g/mol. The van der Waals surface area contributed by atoms with Gasteiger partial charge in [0.1, 0.15) is 17.8 Å². The van der Waals surface area contributed by atoms with E-state index >= 15 is 0 Å². The number of nitrogens with one attached hydrogen (secondary N) is 1. The summed E-state index contributed by atoms with van der Waals surface area (Å²) in [5, 5.41) is 3.25. The number of hydrogen-bond acceptors (Lipinski definition) is 5. The summed E-state index contributed by atoms with van der Waals surface area (Å²) in [5.74, 6) is 2.19. The van der Waals surface area contributed by atoms with Gasteiger partial charge in [-0.3, -0.25) is 0 Å². The van der Waals surface area contributed by atoms with Crippen molar-refractivity contribution in [2.45, 2.75) is 46.1 Å². The molecule has 0 bridgehead atoms. The van der Waals surface area contributed by atoms with Crippen molar-refractivity contribution in [3.8, 4) is 11.6 Å². The first-order valence-electron chi connectivity index (χ1n) is 7.66. The molecule has 5 heteroatoms. The fourth-order valence-corrected chi connectivity index (χ4v) is 1.94. The smallest absolute Gasteiger partial charge is 0.248 e.